The van der Waals surface area contributed by atoms with Gasteiger partial charge >= 0.3 is 0 Å². The predicted molar refractivity (Wildman–Crippen MR) is 107 cm³/mol. The van der Waals surface area contributed by atoms with Crippen LogP contribution in [0.15, 0.2) is 47.6 Å². The Morgan fingerprint density at radius 2 is 1.71 bits per heavy atom. The fourth-order valence-corrected chi connectivity index (χ4v) is 3.03. The number of thioether (sulfide) groups is 1. The van der Waals surface area contributed by atoms with Gasteiger partial charge in [-0.25, -0.2) is 0 Å². The Kier molecular flexibility index (Phi) is 6.38. The molecule has 0 aliphatic carbocycles. The highest BCUT2D eigenvalue weighted by Crippen LogP contribution is 2.29. The molecule has 1 heterocycles. The lowest BCUT2D eigenvalue weighted by atomic mass is 10.2. The summed E-state index contributed by atoms with van der Waals surface area (Å²) >= 11 is 1.26. The second kappa shape index (κ2) is 9.14. The molecule has 3 aromatic rings. The second-order valence-electron chi connectivity index (χ2n) is 5.61. The fraction of sp³-hybridized carbons (Fsp3) is 0.211. The van der Waals surface area contributed by atoms with E-state index in [0.29, 0.717) is 28.2 Å². The monoisotopic (exact) mass is 400 g/mol. The van der Waals surface area contributed by atoms with Crippen LogP contribution in [0, 0.1) is 0 Å². The van der Waals surface area contributed by atoms with Crippen molar-refractivity contribution in [3.05, 3.63) is 42.5 Å². The molecular weight excluding hydrogens is 380 g/mol. The third kappa shape index (κ3) is 4.74. The molecule has 0 aliphatic rings. The molecule has 0 unspecified atom stereocenters. The van der Waals surface area contributed by atoms with Gasteiger partial charge in [0, 0.05) is 11.6 Å². The van der Waals surface area contributed by atoms with Gasteiger partial charge in [-0.05, 0) is 36.4 Å². The minimum atomic E-state index is -0.195. The summed E-state index contributed by atoms with van der Waals surface area (Å²) in [5, 5.41) is 11.6. The summed E-state index contributed by atoms with van der Waals surface area (Å²) in [6.07, 6.45) is 0. The number of aromatic nitrogens is 3. The van der Waals surface area contributed by atoms with Crippen LogP contribution in [0.25, 0.3) is 11.4 Å². The van der Waals surface area contributed by atoms with Crippen LogP contribution in [0.3, 0.4) is 0 Å². The number of aromatic amines is 1. The zero-order valence-corrected chi connectivity index (χ0v) is 16.5. The van der Waals surface area contributed by atoms with Crippen molar-refractivity contribution in [2.45, 2.75) is 5.16 Å². The summed E-state index contributed by atoms with van der Waals surface area (Å²) < 4.78 is 15.6. The number of methoxy groups -OCH3 is 3. The summed E-state index contributed by atoms with van der Waals surface area (Å²) in [7, 11) is 4.72. The number of amides is 1. The van der Waals surface area contributed by atoms with Gasteiger partial charge in [0.2, 0.25) is 5.91 Å². The zero-order valence-electron chi connectivity index (χ0n) is 15.7. The Balaban J connectivity index is 1.60. The number of nitrogens with one attached hydrogen (secondary N) is 2. The lowest BCUT2D eigenvalue weighted by Gasteiger charge is -2.11. The number of hydrogen-bond donors (Lipinski definition) is 2. The van der Waals surface area contributed by atoms with Gasteiger partial charge in [-0.15, -0.1) is 10.2 Å². The van der Waals surface area contributed by atoms with Crippen LogP contribution < -0.4 is 19.5 Å². The quantitative estimate of drug-likeness (QED) is 0.560. The van der Waals surface area contributed by atoms with Crippen molar-refractivity contribution in [3.63, 3.8) is 0 Å². The number of benzene rings is 2. The van der Waals surface area contributed by atoms with Crippen molar-refractivity contribution < 1.29 is 19.0 Å². The summed E-state index contributed by atoms with van der Waals surface area (Å²) in [6, 6.07) is 12.7. The standard InChI is InChI=1S/C19H20N4O4S/c1-25-13-6-4-12(5-7-13)18-21-19(23-22-18)28-11-17(24)20-15-10-14(26-2)8-9-16(15)27-3/h4-10H,11H2,1-3H3,(H,20,24)(H,21,22,23). The third-order valence-electron chi connectivity index (χ3n) is 3.85. The normalized spacial score (nSPS) is 10.4. The maximum absolute atomic E-state index is 12.3. The lowest BCUT2D eigenvalue weighted by Crippen LogP contribution is -2.15. The number of H-pyrrole nitrogens is 1. The second-order valence-corrected chi connectivity index (χ2v) is 6.57. The van der Waals surface area contributed by atoms with Crippen LogP contribution in [-0.2, 0) is 4.79 Å². The molecule has 8 nitrogen and oxygen atoms in total. The van der Waals surface area contributed by atoms with E-state index in [1.807, 2.05) is 24.3 Å². The lowest BCUT2D eigenvalue weighted by molar-refractivity contribution is -0.113. The molecule has 0 atom stereocenters. The molecule has 0 aliphatic heterocycles. The number of nitrogens with zero attached hydrogens (tertiary/aromatic N) is 2. The number of ether oxygens (including phenoxy) is 3. The van der Waals surface area contributed by atoms with Crippen molar-refractivity contribution in [2.75, 3.05) is 32.4 Å². The molecule has 1 amide bonds. The predicted octanol–water partition coefficient (Wildman–Crippen LogP) is 3.23. The largest absolute Gasteiger partial charge is 0.497 e. The van der Waals surface area contributed by atoms with Crippen molar-refractivity contribution in [2.24, 2.45) is 0 Å². The molecule has 2 N–H and O–H groups in total. The van der Waals surface area contributed by atoms with Crippen LogP contribution >= 0.6 is 11.8 Å². The van der Waals surface area contributed by atoms with E-state index in [0.717, 1.165) is 11.3 Å². The first-order valence-electron chi connectivity index (χ1n) is 8.34. The highest BCUT2D eigenvalue weighted by molar-refractivity contribution is 7.99. The number of anilines is 1. The molecule has 0 saturated heterocycles. The van der Waals surface area contributed by atoms with Crippen LogP contribution in [-0.4, -0.2) is 48.2 Å². The van der Waals surface area contributed by atoms with Crippen LogP contribution in [0.1, 0.15) is 0 Å². The van der Waals surface area contributed by atoms with Gasteiger partial charge in [0.15, 0.2) is 11.0 Å². The number of hydrogen-bond acceptors (Lipinski definition) is 7. The topological polar surface area (TPSA) is 98.4 Å². The first-order valence-corrected chi connectivity index (χ1v) is 9.33. The van der Waals surface area contributed by atoms with Gasteiger partial charge in [-0.2, -0.15) is 0 Å². The molecule has 0 bridgehead atoms. The highest BCUT2D eigenvalue weighted by atomic mass is 32.2. The number of carbonyl (C=O) groups is 1. The number of rotatable bonds is 8. The van der Waals surface area contributed by atoms with E-state index in [9.17, 15) is 4.79 Å². The molecule has 146 valence electrons. The first-order chi connectivity index (χ1) is 13.6. The van der Waals surface area contributed by atoms with Crippen molar-refractivity contribution in [3.8, 4) is 28.6 Å². The van der Waals surface area contributed by atoms with Crippen LogP contribution in [0.2, 0.25) is 0 Å². The van der Waals surface area contributed by atoms with Crippen molar-refractivity contribution in [1.29, 1.82) is 0 Å². The maximum Gasteiger partial charge on any atom is 0.234 e. The summed E-state index contributed by atoms with van der Waals surface area (Å²) in [5.74, 6) is 2.54. The van der Waals surface area contributed by atoms with E-state index in [-0.39, 0.29) is 11.7 Å². The molecule has 0 saturated carbocycles. The van der Waals surface area contributed by atoms with E-state index in [1.54, 1.807) is 39.5 Å². The Morgan fingerprint density at radius 3 is 2.39 bits per heavy atom. The van der Waals surface area contributed by atoms with Gasteiger partial charge in [0.25, 0.3) is 0 Å². The molecule has 2 aromatic carbocycles. The summed E-state index contributed by atoms with van der Waals surface area (Å²) in [4.78, 5) is 15.4. The Bertz CT molecular complexity index is 943. The van der Waals surface area contributed by atoms with Crippen LogP contribution in [0.4, 0.5) is 5.69 Å². The van der Waals surface area contributed by atoms with E-state index < -0.39 is 0 Å². The third-order valence-corrected chi connectivity index (χ3v) is 4.71. The van der Waals surface area contributed by atoms with E-state index in [4.69, 9.17) is 14.2 Å². The van der Waals surface area contributed by atoms with E-state index in [1.165, 1.54) is 11.8 Å². The molecule has 9 heteroatoms. The Hall–Kier alpha value is -3.20. The molecule has 3 rings (SSSR count). The van der Waals surface area contributed by atoms with E-state index in [2.05, 4.69) is 20.5 Å². The minimum Gasteiger partial charge on any atom is -0.497 e. The Labute approximate surface area is 166 Å². The van der Waals surface area contributed by atoms with Crippen molar-refractivity contribution in [1.82, 2.24) is 15.2 Å². The van der Waals surface area contributed by atoms with Gasteiger partial charge < -0.3 is 24.5 Å². The van der Waals surface area contributed by atoms with Gasteiger partial charge in [-0.3, -0.25) is 4.79 Å². The summed E-state index contributed by atoms with van der Waals surface area (Å²) in [5.41, 5.74) is 1.43. The van der Waals surface area contributed by atoms with E-state index >= 15 is 0 Å². The van der Waals surface area contributed by atoms with Crippen LogP contribution in [0.5, 0.6) is 17.2 Å². The van der Waals surface area contributed by atoms with Gasteiger partial charge in [0.1, 0.15) is 17.2 Å². The van der Waals surface area contributed by atoms with Gasteiger partial charge in [0.05, 0.1) is 32.8 Å². The summed E-state index contributed by atoms with van der Waals surface area (Å²) in [6.45, 7) is 0. The maximum atomic E-state index is 12.3. The Morgan fingerprint density at radius 1 is 1.00 bits per heavy atom. The van der Waals surface area contributed by atoms with Gasteiger partial charge in [-0.1, -0.05) is 11.8 Å². The average Bonchev–Trinajstić information content (AvgIpc) is 3.21. The molecular formula is C19H20N4O4S. The SMILES string of the molecule is COc1ccc(-c2nnc(SCC(=O)Nc3cc(OC)ccc3OC)[nH]2)cc1. The molecule has 28 heavy (non-hydrogen) atoms. The van der Waals surface area contributed by atoms with Crippen molar-refractivity contribution >= 4 is 23.4 Å². The molecule has 1 aromatic heterocycles. The molecule has 0 radical (unpaired) electrons. The fourth-order valence-electron chi connectivity index (χ4n) is 2.42. The number of carbonyl (C=O) groups excluding carboxylic acids is 1. The highest BCUT2D eigenvalue weighted by Gasteiger charge is 2.12. The molecule has 0 spiro atoms. The molecule has 0 fully saturated rings. The smallest absolute Gasteiger partial charge is 0.234 e. The first kappa shape index (κ1) is 19.6. The minimum absolute atomic E-state index is 0.164. The zero-order chi connectivity index (χ0) is 19.9. The average molecular weight is 400 g/mol.